The molecular weight excluding hydrogens is 584 g/mol. The van der Waals surface area contributed by atoms with Crippen molar-refractivity contribution in [1.29, 1.82) is 0 Å². The van der Waals surface area contributed by atoms with Crippen molar-refractivity contribution >= 4 is 45.3 Å². The van der Waals surface area contributed by atoms with Crippen LogP contribution in [-0.2, 0) is 29.2 Å². The van der Waals surface area contributed by atoms with E-state index in [9.17, 15) is 27.9 Å². The number of aliphatic hydroxyl groups is 1. The van der Waals surface area contributed by atoms with Crippen LogP contribution >= 0.6 is 11.3 Å². The Hall–Kier alpha value is -3.75. The monoisotopic (exact) mass is 616 g/mol. The number of hydrogen-bond acceptors (Lipinski definition) is 10. The molecule has 5 rings (SSSR count). The maximum Gasteiger partial charge on any atom is 0.259 e. The molecule has 2 heterocycles. The summed E-state index contributed by atoms with van der Waals surface area (Å²) in [7, 11) is -2.27. The number of benzene rings is 1. The summed E-state index contributed by atoms with van der Waals surface area (Å²) in [5.41, 5.74) is 0.175. The van der Waals surface area contributed by atoms with Crippen LogP contribution in [0, 0.1) is 5.92 Å². The number of ether oxygens (including phenoxy) is 1. The van der Waals surface area contributed by atoms with E-state index in [1.54, 1.807) is 18.4 Å². The Morgan fingerprint density at radius 3 is 2.69 bits per heavy atom. The molecule has 4 atom stereocenters. The zero-order valence-electron chi connectivity index (χ0n) is 22.9. The molecule has 2 saturated carbocycles. The minimum Gasteiger partial charge on any atom is -0.497 e. The Balaban J connectivity index is 1.29. The maximum absolute atomic E-state index is 13.4. The number of aliphatic hydroxyl groups excluding tert-OH is 1. The Labute approximate surface area is 247 Å². The van der Waals surface area contributed by atoms with Gasteiger partial charge in [0.15, 0.2) is 0 Å². The normalized spacial score (nSPS) is 25.2. The van der Waals surface area contributed by atoms with Gasteiger partial charge in [-0.25, -0.2) is 8.42 Å². The van der Waals surface area contributed by atoms with Gasteiger partial charge in [0.25, 0.3) is 5.91 Å². The van der Waals surface area contributed by atoms with E-state index in [4.69, 9.17) is 9.57 Å². The van der Waals surface area contributed by atoms with E-state index < -0.39 is 63.2 Å². The van der Waals surface area contributed by atoms with Gasteiger partial charge in [-0.2, -0.15) is 0 Å². The van der Waals surface area contributed by atoms with Crippen molar-refractivity contribution < 1.29 is 37.5 Å². The van der Waals surface area contributed by atoms with Gasteiger partial charge in [-0.3, -0.25) is 19.1 Å². The summed E-state index contributed by atoms with van der Waals surface area (Å²) in [4.78, 5) is 46.9. The molecule has 0 bridgehead atoms. The fraction of sp³-hybridized carbons (Fsp3) is 0.429. The van der Waals surface area contributed by atoms with Gasteiger partial charge in [-0.05, 0) is 48.9 Å². The second kappa shape index (κ2) is 11.9. The number of rotatable bonds is 12. The Morgan fingerprint density at radius 1 is 1.29 bits per heavy atom. The van der Waals surface area contributed by atoms with E-state index in [-0.39, 0.29) is 19.4 Å². The third-order valence-corrected chi connectivity index (χ3v) is 10.4. The first-order valence-electron chi connectivity index (χ1n) is 13.4. The zero-order valence-corrected chi connectivity index (χ0v) is 24.5. The average Bonchev–Trinajstić information content (AvgIpc) is 3.85. The van der Waals surface area contributed by atoms with Gasteiger partial charge < -0.3 is 24.9 Å². The Morgan fingerprint density at radius 2 is 2.07 bits per heavy atom. The molecule has 14 heteroatoms. The second-order valence-corrected chi connectivity index (χ2v) is 13.4. The fourth-order valence-electron chi connectivity index (χ4n) is 5.11. The molecule has 0 spiro atoms. The van der Waals surface area contributed by atoms with Crippen LogP contribution in [0.3, 0.4) is 0 Å². The van der Waals surface area contributed by atoms with Crippen LogP contribution in [0.2, 0.25) is 0 Å². The number of methoxy groups -OCH3 is 1. The van der Waals surface area contributed by atoms with Gasteiger partial charge in [-0.15, -0.1) is 17.9 Å². The van der Waals surface area contributed by atoms with Crippen LogP contribution in [0.15, 0.2) is 53.5 Å². The lowest BCUT2D eigenvalue weighted by atomic mass is 10.1. The first-order chi connectivity index (χ1) is 20.1. The topological polar surface area (TPSA) is 164 Å². The summed E-state index contributed by atoms with van der Waals surface area (Å²) in [5, 5.41) is 17.7. The number of sulfonamides is 1. The summed E-state index contributed by atoms with van der Waals surface area (Å²) in [5.74, 6) is -2.03. The SMILES string of the molecule is C=C[C@@H]1C[C@@]1(NC(=O)C1CC(O/N=C/c2cc(OC)ccc2-c2cccs2)CN1C(=O)CO)C(=O)NS(=O)(=O)C1CC1. The summed E-state index contributed by atoms with van der Waals surface area (Å²) in [6, 6.07) is 8.43. The number of thiophene rings is 1. The van der Waals surface area contributed by atoms with E-state index in [1.807, 2.05) is 35.7 Å². The summed E-state index contributed by atoms with van der Waals surface area (Å²) < 4.78 is 32.2. The maximum atomic E-state index is 13.4. The van der Waals surface area contributed by atoms with Crippen molar-refractivity contribution in [1.82, 2.24) is 14.9 Å². The van der Waals surface area contributed by atoms with Crippen LogP contribution in [0.1, 0.15) is 31.2 Å². The van der Waals surface area contributed by atoms with Crippen molar-refractivity contribution in [2.24, 2.45) is 11.1 Å². The molecule has 3 amide bonds. The molecule has 224 valence electrons. The van der Waals surface area contributed by atoms with Crippen molar-refractivity contribution in [2.75, 3.05) is 20.3 Å². The van der Waals surface area contributed by atoms with Gasteiger partial charge in [-0.1, -0.05) is 17.3 Å². The molecule has 1 aliphatic heterocycles. The molecule has 42 heavy (non-hydrogen) atoms. The molecule has 3 N–H and O–H groups in total. The molecule has 12 nitrogen and oxygen atoms in total. The molecule has 2 aromatic rings. The van der Waals surface area contributed by atoms with Gasteiger partial charge in [0.05, 0.1) is 25.1 Å². The zero-order chi connectivity index (χ0) is 30.1. The highest BCUT2D eigenvalue weighted by atomic mass is 32.2. The third-order valence-electron chi connectivity index (χ3n) is 7.72. The molecule has 1 aromatic heterocycles. The first kappa shape index (κ1) is 29.7. The number of nitrogens with zero attached hydrogens (tertiary/aromatic N) is 2. The van der Waals surface area contributed by atoms with Gasteiger partial charge >= 0.3 is 0 Å². The van der Waals surface area contributed by atoms with Crippen LogP contribution < -0.4 is 14.8 Å². The number of hydrogen-bond donors (Lipinski definition) is 3. The van der Waals surface area contributed by atoms with Crippen molar-refractivity contribution in [3.8, 4) is 16.2 Å². The molecule has 2 unspecified atom stereocenters. The third kappa shape index (κ3) is 6.05. The van der Waals surface area contributed by atoms with E-state index >= 15 is 0 Å². The highest BCUT2D eigenvalue weighted by Gasteiger charge is 2.61. The molecule has 0 radical (unpaired) electrons. The first-order valence-corrected chi connectivity index (χ1v) is 15.9. The molecule has 2 aliphatic carbocycles. The summed E-state index contributed by atoms with van der Waals surface area (Å²) >= 11 is 1.57. The summed E-state index contributed by atoms with van der Waals surface area (Å²) in [6.45, 7) is 2.84. The fourth-order valence-corrected chi connectivity index (χ4v) is 7.25. The van der Waals surface area contributed by atoms with Crippen molar-refractivity contribution in [3.05, 3.63) is 53.9 Å². The van der Waals surface area contributed by atoms with Crippen LogP contribution in [0.5, 0.6) is 5.75 Å². The highest BCUT2D eigenvalue weighted by Crippen LogP contribution is 2.45. The number of carbonyl (C=O) groups is 3. The summed E-state index contributed by atoms with van der Waals surface area (Å²) in [6.07, 6.45) is 3.50. The van der Waals surface area contributed by atoms with Crippen molar-refractivity contribution in [2.45, 2.75) is 48.6 Å². The van der Waals surface area contributed by atoms with Crippen LogP contribution in [-0.4, -0.2) is 85.6 Å². The number of oxime groups is 1. The van der Waals surface area contributed by atoms with Crippen LogP contribution in [0.25, 0.3) is 10.4 Å². The molecule has 3 aliphatic rings. The minimum atomic E-state index is -3.83. The number of carbonyl (C=O) groups excluding carboxylic acids is 3. The lowest BCUT2D eigenvalue weighted by Gasteiger charge is -2.26. The van der Waals surface area contributed by atoms with Crippen molar-refractivity contribution in [3.63, 3.8) is 0 Å². The highest BCUT2D eigenvalue weighted by molar-refractivity contribution is 7.91. The quantitative estimate of drug-likeness (QED) is 0.183. The standard InChI is InChI=1S/C28H32N4O8S2/c1-3-18-13-28(18,27(36)31-42(37,38)21-7-8-21)30-26(35)23-12-20(15-32(23)25(34)16-33)40-29-14-17-11-19(39-2)6-9-22(17)24-5-4-10-41-24/h3-6,9-11,14,18,20-21,23,33H,1,7-8,12-13,15-16H2,2H3,(H,30,35)(H,31,36)/b29-14+/t18-,20?,23?,28+/m1/s1. The predicted octanol–water partition coefficient (Wildman–Crippen LogP) is 1.41. The van der Waals surface area contributed by atoms with Crippen LogP contribution in [0.4, 0.5) is 0 Å². The average molecular weight is 617 g/mol. The van der Waals surface area contributed by atoms with E-state index in [0.29, 0.717) is 18.6 Å². The Kier molecular flexibility index (Phi) is 8.39. The number of nitrogens with one attached hydrogen (secondary N) is 2. The van der Waals surface area contributed by atoms with Gasteiger partial charge in [0, 0.05) is 28.3 Å². The van der Waals surface area contributed by atoms with Gasteiger partial charge in [0.1, 0.15) is 30.0 Å². The smallest absolute Gasteiger partial charge is 0.259 e. The largest absolute Gasteiger partial charge is 0.497 e. The second-order valence-electron chi connectivity index (χ2n) is 10.5. The molecule has 1 saturated heterocycles. The van der Waals surface area contributed by atoms with E-state index in [1.165, 1.54) is 17.2 Å². The molecule has 3 fully saturated rings. The molecular formula is C28H32N4O8S2. The Bertz CT molecular complexity index is 1510. The van der Waals surface area contributed by atoms with Gasteiger partial charge in [0.2, 0.25) is 21.8 Å². The lowest BCUT2D eigenvalue weighted by Crippen LogP contribution is -2.56. The number of amides is 3. The number of likely N-dealkylation sites (tertiary alicyclic amines) is 1. The van der Waals surface area contributed by atoms with E-state index in [2.05, 4.69) is 21.8 Å². The predicted molar refractivity (Wildman–Crippen MR) is 155 cm³/mol. The minimum absolute atomic E-state index is 0.0230. The molecule has 1 aromatic carbocycles. The lowest BCUT2D eigenvalue weighted by molar-refractivity contribution is -0.141. The van der Waals surface area contributed by atoms with E-state index in [0.717, 1.165) is 16.0 Å².